The van der Waals surface area contributed by atoms with E-state index in [0.717, 1.165) is 48.6 Å². The molecule has 2 aliphatic rings. The maximum atomic E-state index is 12.3. The number of aromatic nitrogens is 2. The summed E-state index contributed by atoms with van der Waals surface area (Å²) in [5.74, 6) is 0.739. The summed E-state index contributed by atoms with van der Waals surface area (Å²) >= 11 is 0. The van der Waals surface area contributed by atoms with Gasteiger partial charge in [0.2, 0.25) is 0 Å². The average molecular weight is 395 g/mol. The van der Waals surface area contributed by atoms with Gasteiger partial charge in [0, 0.05) is 43.1 Å². The Labute approximate surface area is 174 Å². The number of nitrogens with zero attached hydrogens (tertiary/aromatic N) is 2. The number of aromatic amines is 1. The standard InChI is InChI=1S/C25H21N3O2/c29-24-20-7-3-4-8-21(20)25(30-24)11-13-28(14-12-25)23-16-22(26-27-23)19-10-9-17-5-1-2-6-18(17)15-19/h1-10,15-16H,11-14H2,(H,26,27). The number of nitrogens with one attached hydrogen (secondary N) is 1. The molecule has 148 valence electrons. The summed E-state index contributed by atoms with van der Waals surface area (Å²) in [4.78, 5) is 14.6. The molecule has 0 saturated carbocycles. The summed E-state index contributed by atoms with van der Waals surface area (Å²) in [7, 11) is 0. The van der Waals surface area contributed by atoms with Gasteiger partial charge in [-0.1, -0.05) is 54.6 Å². The maximum absolute atomic E-state index is 12.3. The first-order valence-corrected chi connectivity index (χ1v) is 10.3. The van der Waals surface area contributed by atoms with Crippen LogP contribution in [-0.2, 0) is 10.3 Å². The number of fused-ring (bicyclic) bond motifs is 3. The molecule has 5 heteroatoms. The zero-order valence-electron chi connectivity index (χ0n) is 16.5. The number of carbonyl (C=O) groups is 1. The Hall–Kier alpha value is -3.60. The molecule has 4 aromatic rings. The molecule has 1 N–H and O–H groups in total. The van der Waals surface area contributed by atoms with Gasteiger partial charge in [-0.05, 0) is 22.9 Å². The van der Waals surface area contributed by atoms with Gasteiger partial charge in [-0.15, -0.1) is 0 Å². The summed E-state index contributed by atoms with van der Waals surface area (Å²) in [6.45, 7) is 1.59. The fourth-order valence-electron chi connectivity index (χ4n) is 4.79. The van der Waals surface area contributed by atoms with E-state index in [1.54, 1.807) is 0 Å². The maximum Gasteiger partial charge on any atom is 0.339 e. The van der Waals surface area contributed by atoms with Gasteiger partial charge in [0.1, 0.15) is 5.60 Å². The van der Waals surface area contributed by atoms with E-state index in [9.17, 15) is 4.79 Å². The Bertz CT molecular complexity index is 1270. The molecule has 0 atom stereocenters. The van der Waals surface area contributed by atoms with E-state index >= 15 is 0 Å². The Morgan fingerprint density at radius 1 is 0.900 bits per heavy atom. The zero-order chi connectivity index (χ0) is 20.1. The summed E-state index contributed by atoms with van der Waals surface area (Å²) in [6.07, 6.45) is 1.54. The molecular formula is C25H21N3O2. The number of anilines is 1. The third kappa shape index (κ3) is 2.62. The molecule has 0 aliphatic carbocycles. The van der Waals surface area contributed by atoms with E-state index in [0.29, 0.717) is 5.56 Å². The molecular weight excluding hydrogens is 374 g/mol. The first kappa shape index (κ1) is 17.3. The first-order valence-electron chi connectivity index (χ1n) is 10.3. The molecule has 1 saturated heterocycles. The molecule has 3 heterocycles. The molecule has 3 aromatic carbocycles. The molecule has 30 heavy (non-hydrogen) atoms. The Balaban J connectivity index is 1.23. The van der Waals surface area contributed by atoms with Gasteiger partial charge >= 0.3 is 5.97 Å². The molecule has 0 amide bonds. The molecule has 1 fully saturated rings. The monoisotopic (exact) mass is 395 g/mol. The van der Waals surface area contributed by atoms with Crippen molar-refractivity contribution in [1.82, 2.24) is 10.2 Å². The fraction of sp³-hybridized carbons (Fsp3) is 0.200. The number of hydrogen-bond donors (Lipinski definition) is 1. The van der Waals surface area contributed by atoms with Gasteiger partial charge in [-0.2, -0.15) is 5.10 Å². The number of H-pyrrole nitrogens is 1. The molecule has 0 radical (unpaired) electrons. The van der Waals surface area contributed by atoms with Crippen LogP contribution in [0.25, 0.3) is 22.0 Å². The largest absolute Gasteiger partial charge is 0.450 e. The lowest BCUT2D eigenvalue weighted by molar-refractivity contribution is -0.0211. The second-order valence-corrected chi connectivity index (χ2v) is 8.12. The van der Waals surface area contributed by atoms with Gasteiger partial charge < -0.3 is 9.64 Å². The highest BCUT2D eigenvalue weighted by Gasteiger charge is 2.47. The number of carbonyl (C=O) groups excluding carboxylic acids is 1. The van der Waals surface area contributed by atoms with Crippen LogP contribution in [0.3, 0.4) is 0 Å². The lowest BCUT2D eigenvalue weighted by Crippen LogP contribution is -2.43. The summed E-state index contributed by atoms with van der Waals surface area (Å²) < 4.78 is 5.87. The van der Waals surface area contributed by atoms with E-state index < -0.39 is 5.60 Å². The van der Waals surface area contributed by atoms with Crippen molar-refractivity contribution >= 4 is 22.6 Å². The van der Waals surface area contributed by atoms with Crippen molar-refractivity contribution in [2.24, 2.45) is 0 Å². The Morgan fingerprint density at radius 3 is 2.53 bits per heavy atom. The number of hydrogen-bond acceptors (Lipinski definition) is 4. The zero-order valence-corrected chi connectivity index (χ0v) is 16.5. The van der Waals surface area contributed by atoms with E-state index in [1.807, 2.05) is 24.3 Å². The van der Waals surface area contributed by atoms with Gasteiger partial charge in [0.25, 0.3) is 0 Å². The topological polar surface area (TPSA) is 58.2 Å². The van der Waals surface area contributed by atoms with Crippen molar-refractivity contribution in [3.63, 3.8) is 0 Å². The Kier molecular flexibility index (Phi) is 3.72. The number of rotatable bonds is 2. The van der Waals surface area contributed by atoms with Crippen molar-refractivity contribution < 1.29 is 9.53 Å². The van der Waals surface area contributed by atoms with E-state index in [4.69, 9.17) is 4.74 Å². The van der Waals surface area contributed by atoms with Crippen molar-refractivity contribution in [3.8, 4) is 11.3 Å². The van der Waals surface area contributed by atoms with Crippen LogP contribution in [-0.4, -0.2) is 29.3 Å². The molecule has 0 unspecified atom stereocenters. The van der Waals surface area contributed by atoms with Crippen LogP contribution >= 0.6 is 0 Å². The van der Waals surface area contributed by atoms with Gasteiger partial charge in [0.05, 0.1) is 11.3 Å². The van der Waals surface area contributed by atoms with E-state index in [-0.39, 0.29) is 5.97 Å². The molecule has 1 aromatic heterocycles. The third-order valence-electron chi connectivity index (χ3n) is 6.45. The highest BCUT2D eigenvalue weighted by Crippen LogP contribution is 2.44. The van der Waals surface area contributed by atoms with Crippen LogP contribution in [0.2, 0.25) is 0 Å². The number of esters is 1. The van der Waals surface area contributed by atoms with Crippen LogP contribution in [0.5, 0.6) is 0 Å². The fourth-order valence-corrected chi connectivity index (χ4v) is 4.79. The number of benzene rings is 3. The van der Waals surface area contributed by atoms with E-state index in [2.05, 4.69) is 63.6 Å². The van der Waals surface area contributed by atoms with Crippen LogP contribution < -0.4 is 4.90 Å². The molecule has 6 rings (SSSR count). The smallest absolute Gasteiger partial charge is 0.339 e. The normalized spacial score (nSPS) is 17.3. The predicted molar refractivity (Wildman–Crippen MR) is 117 cm³/mol. The van der Waals surface area contributed by atoms with Gasteiger partial charge in [-0.3, -0.25) is 5.10 Å². The minimum atomic E-state index is -0.484. The highest BCUT2D eigenvalue weighted by molar-refractivity contribution is 5.94. The van der Waals surface area contributed by atoms with E-state index in [1.165, 1.54) is 10.8 Å². The van der Waals surface area contributed by atoms with Gasteiger partial charge in [0.15, 0.2) is 5.82 Å². The van der Waals surface area contributed by atoms with Crippen LogP contribution in [0.15, 0.2) is 72.8 Å². The minimum absolute atomic E-state index is 0.197. The Morgan fingerprint density at radius 2 is 1.67 bits per heavy atom. The molecule has 2 aliphatic heterocycles. The average Bonchev–Trinajstić information content (AvgIpc) is 3.39. The second kappa shape index (κ2) is 6.46. The minimum Gasteiger partial charge on any atom is -0.450 e. The molecule has 5 nitrogen and oxygen atoms in total. The van der Waals surface area contributed by atoms with Crippen molar-refractivity contribution in [3.05, 3.63) is 83.9 Å². The number of ether oxygens (including phenoxy) is 1. The summed E-state index contributed by atoms with van der Waals surface area (Å²) in [5.41, 5.74) is 3.40. The van der Waals surface area contributed by atoms with Gasteiger partial charge in [-0.25, -0.2) is 4.79 Å². The molecule has 1 spiro atoms. The first-order chi connectivity index (χ1) is 14.7. The summed E-state index contributed by atoms with van der Waals surface area (Å²) in [6, 6.07) is 24.7. The van der Waals surface area contributed by atoms with Crippen LogP contribution in [0, 0.1) is 0 Å². The highest BCUT2D eigenvalue weighted by atomic mass is 16.6. The van der Waals surface area contributed by atoms with Crippen LogP contribution in [0.4, 0.5) is 5.82 Å². The quantitative estimate of drug-likeness (QED) is 0.491. The lowest BCUT2D eigenvalue weighted by Gasteiger charge is -2.38. The lowest BCUT2D eigenvalue weighted by atomic mass is 9.84. The van der Waals surface area contributed by atoms with Crippen molar-refractivity contribution in [2.45, 2.75) is 18.4 Å². The number of piperidine rings is 1. The second-order valence-electron chi connectivity index (χ2n) is 8.12. The summed E-state index contributed by atoms with van der Waals surface area (Å²) in [5, 5.41) is 10.2. The predicted octanol–water partition coefficient (Wildman–Crippen LogP) is 4.90. The van der Waals surface area contributed by atoms with Crippen LogP contribution in [0.1, 0.15) is 28.8 Å². The van der Waals surface area contributed by atoms with Crippen molar-refractivity contribution in [1.29, 1.82) is 0 Å². The van der Waals surface area contributed by atoms with Crippen molar-refractivity contribution in [2.75, 3.05) is 18.0 Å². The third-order valence-corrected chi connectivity index (χ3v) is 6.45. The SMILES string of the molecule is O=C1OC2(CCN(c3cc(-c4ccc5ccccc5c4)[nH]n3)CC2)c2ccccc21. The molecule has 0 bridgehead atoms.